The fourth-order valence-corrected chi connectivity index (χ4v) is 4.57. The van der Waals surface area contributed by atoms with Crippen molar-refractivity contribution in [1.82, 2.24) is 24.8 Å². The van der Waals surface area contributed by atoms with Crippen LogP contribution in [0.2, 0.25) is 0 Å². The standard InChI is InChI=1S/C23H30N6S/c1-3-5-21-24-14-19(15-25-21)16-29-10-8-18(9-11-29)12-20-6-4-7-22(27-20)28-23-26-13-17(2)30-23/h4,6-7,13-15,18H,3,5,8-12,16H2,1-2H3,(H,26,27,28). The highest BCUT2D eigenvalue weighted by Gasteiger charge is 2.20. The quantitative estimate of drug-likeness (QED) is 0.563. The number of piperidine rings is 1. The first-order chi connectivity index (χ1) is 14.7. The largest absolute Gasteiger partial charge is 0.316 e. The van der Waals surface area contributed by atoms with E-state index in [1.807, 2.05) is 24.7 Å². The Morgan fingerprint density at radius 1 is 1.10 bits per heavy atom. The Balaban J connectivity index is 1.26. The number of hydrogen-bond donors (Lipinski definition) is 1. The van der Waals surface area contributed by atoms with Crippen LogP contribution in [0.4, 0.5) is 10.9 Å². The average molecular weight is 423 g/mol. The van der Waals surface area contributed by atoms with Crippen LogP contribution in [0.3, 0.4) is 0 Å². The number of rotatable bonds is 8. The number of pyridine rings is 1. The van der Waals surface area contributed by atoms with Crippen molar-refractivity contribution in [2.45, 2.75) is 52.5 Å². The van der Waals surface area contributed by atoms with Crippen molar-refractivity contribution in [3.8, 4) is 0 Å². The average Bonchev–Trinajstić information content (AvgIpc) is 3.16. The maximum Gasteiger partial charge on any atom is 0.188 e. The van der Waals surface area contributed by atoms with Crippen molar-refractivity contribution in [2.24, 2.45) is 5.92 Å². The molecule has 0 saturated carbocycles. The SMILES string of the molecule is CCCc1ncc(CN2CCC(Cc3cccc(Nc4ncc(C)s4)n3)CC2)cn1. The summed E-state index contributed by atoms with van der Waals surface area (Å²) < 4.78 is 0. The molecule has 0 aliphatic carbocycles. The van der Waals surface area contributed by atoms with Gasteiger partial charge in [0.05, 0.1) is 0 Å². The first-order valence-electron chi connectivity index (χ1n) is 10.9. The number of thiazole rings is 1. The molecule has 30 heavy (non-hydrogen) atoms. The molecule has 4 heterocycles. The Morgan fingerprint density at radius 2 is 1.90 bits per heavy atom. The number of aryl methyl sites for hydroxylation is 2. The molecular formula is C23H30N6S. The number of aromatic nitrogens is 4. The third kappa shape index (κ3) is 5.83. The highest BCUT2D eigenvalue weighted by atomic mass is 32.1. The Morgan fingerprint density at radius 3 is 2.60 bits per heavy atom. The Hall–Kier alpha value is -2.38. The van der Waals surface area contributed by atoms with Crippen molar-refractivity contribution in [3.05, 3.63) is 58.7 Å². The number of likely N-dealkylation sites (tertiary alicyclic amines) is 1. The minimum Gasteiger partial charge on any atom is -0.316 e. The fourth-order valence-electron chi connectivity index (χ4n) is 3.90. The lowest BCUT2D eigenvalue weighted by molar-refractivity contribution is 0.176. The summed E-state index contributed by atoms with van der Waals surface area (Å²) in [6.07, 6.45) is 11.4. The van der Waals surface area contributed by atoms with Gasteiger partial charge in [-0.1, -0.05) is 13.0 Å². The van der Waals surface area contributed by atoms with E-state index < -0.39 is 0 Å². The molecule has 0 unspecified atom stereocenters. The van der Waals surface area contributed by atoms with Crippen LogP contribution < -0.4 is 5.32 Å². The lowest BCUT2D eigenvalue weighted by atomic mass is 9.92. The first-order valence-corrected chi connectivity index (χ1v) is 11.7. The van der Waals surface area contributed by atoms with Crippen molar-refractivity contribution >= 4 is 22.3 Å². The van der Waals surface area contributed by atoms with Gasteiger partial charge in [-0.05, 0) is 63.7 Å². The van der Waals surface area contributed by atoms with Gasteiger partial charge in [-0.2, -0.15) is 0 Å². The second kappa shape index (κ2) is 10.1. The molecule has 6 nitrogen and oxygen atoms in total. The van der Waals surface area contributed by atoms with Gasteiger partial charge in [-0.25, -0.2) is 19.9 Å². The van der Waals surface area contributed by atoms with Crippen LogP contribution in [-0.4, -0.2) is 37.9 Å². The molecule has 0 aromatic carbocycles. The zero-order valence-electron chi connectivity index (χ0n) is 17.8. The van der Waals surface area contributed by atoms with E-state index in [2.05, 4.69) is 51.1 Å². The van der Waals surface area contributed by atoms with Crippen LogP contribution in [0.15, 0.2) is 36.8 Å². The summed E-state index contributed by atoms with van der Waals surface area (Å²) in [5.74, 6) is 2.52. The van der Waals surface area contributed by atoms with Gasteiger partial charge < -0.3 is 5.32 Å². The van der Waals surface area contributed by atoms with Crippen molar-refractivity contribution in [1.29, 1.82) is 0 Å². The van der Waals surface area contributed by atoms with Crippen LogP contribution >= 0.6 is 11.3 Å². The van der Waals surface area contributed by atoms with Gasteiger partial charge in [0.1, 0.15) is 11.6 Å². The van der Waals surface area contributed by atoms with Gasteiger partial charge in [-0.15, -0.1) is 11.3 Å². The normalized spacial score (nSPS) is 15.4. The van der Waals surface area contributed by atoms with E-state index in [9.17, 15) is 0 Å². The molecule has 0 atom stereocenters. The van der Waals surface area contributed by atoms with E-state index in [0.29, 0.717) is 5.92 Å². The van der Waals surface area contributed by atoms with Crippen molar-refractivity contribution in [2.75, 3.05) is 18.4 Å². The van der Waals surface area contributed by atoms with Gasteiger partial charge in [-0.3, -0.25) is 4.90 Å². The summed E-state index contributed by atoms with van der Waals surface area (Å²) in [6, 6.07) is 6.24. The molecule has 0 radical (unpaired) electrons. The van der Waals surface area contributed by atoms with E-state index in [0.717, 1.165) is 61.4 Å². The van der Waals surface area contributed by atoms with Gasteiger partial charge in [0, 0.05) is 47.7 Å². The van der Waals surface area contributed by atoms with Crippen LogP contribution in [0.5, 0.6) is 0 Å². The number of anilines is 2. The molecular weight excluding hydrogens is 392 g/mol. The number of nitrogens with zero attached hydrogens (tertiary/aromatic N) is 5. The molecule has 0 spiro atoms. The third-order valence-electron chi connectivity index (χ3n) is 5.51. The molecule has 1 fully saturated rings. The maximum atomic E-state index is 4.81. The Bertz CT molecular complexity index is 931. The minimum absolute atomic E-state index is 0.689. The topological polar surface area (TPSA) is 66.8 Å². The predicted molar refractivity (Wildman–Crippen MR) is 122 cm³/mol. The van der Waals surface area contributed by atoms with Crippen molar-refractivity contribution < 1.29 is 0 Å². The van der Waals surface area contributed by atoms with Crippen LogP contribution in [0.25, 0.3) is 0 Å². The summed E-state index contributed by atoms with van der Waals surface area (Å²) in [5, 5.41) is 4.22. The molecule has 0 bridgehead atoms. The number of nitrogens with one attached hydrogen (secondary N) is 1. The van der Waals surface area contributed by atoms with Crippen LogP contribution in [0, 0.1) is 12.8 Å². The third-order valence-corrected chi connectivity index (χ3v) is 6.33. The summed E-state index contributed by atoms with van der Waals surface area (Å²) in [7, 11) is 0. The second-order valence-electron chi connectivity index (χ2n) is 8.10. The van der Waals surface area contributed by atoms with E-state index in [1.54, 1.807) is 11.3 Å². The summed E-state index contributed by atoms with van der Waals surface area (Å²) in [4.78, 5) is 21.9. The predicted octanol–water partition coefficient (Wildman–Crippen LogP) is 4.79. The molecule has 1 aliphatic rings. The highest BCUT2D eigenvalue weighted by Crippen LogP contribution is 2.24. The number of hydrogen-bond acceptors (Lipinski definition) is 7. The Labute approximate surface area is 182 Å². The van der Waals surface area contributed by atoms with Gasteiger partial charge in [0.25, 0.3) is 0 Å². The van der Waals surface area contributed by atoms with Crippen molar-refractivity contribution in [3.63, 3.8) is 0 Å². The molecule has 3 aromatic rings. The summed E-state index contributed by atoms with van der Waals surface area (Å²) >= 11 is 1.65. The lowest BCUT2D eigenvalue weighted by Crippen LogP contribution is -2.34. The van der Waals surface area contributed by atoms with Crippen LogP contribution in [-0.2, 0) is 19.4 Å². The highest BCUT2D eigenvalue weighted by molar-refractivity contribution is 7.15. The Kier molecular flexibility index (Phi) is 7.02. The zero-order chi connectivity index (χ0) is 20.8. The van der Waals surface area contributed by atoms with E-state index in [1.165, 1.54) is 23.3 Å². The fraction of sp³-hybridized carbons (Fsp3) is 0.478. The first kappa shape index (κ1) is 20.9. The van der Waals surface area contributed by atoms with Crippen LogP contribution in [0.1, 0.15) is 48.1 Å². The van der Waals surface area contributed by atoms with Gasteiger partial charge >= 0.3 is 0 Å². The molecule has 7 heteroatoms. The molecule has 4 rings (SSSR count). The van der Waals surface area contributed by atoms with Gasteiger partial charge in [0.2, 0.25) is 0 Å². The van der Waals surface area contributed by atoms with E-state index in [-0.39, 0.29) is 0 Å². The second-order valence-corrected chi connectivity index (χ2v) is 9.33. The van der Waals surface area contributed by atoms with Gasteiger partial charge in [0.15, 0.2) is 5.13 Å². The molecule has 1 aliphatic heterocycles. The minimum atomic E-state index is 0.689. The zero-order valence-corrected chi connectivity index (χ0v) is 18.7. The monoisotopic (exact) mass is 422 g/mol. The summed E-state index contributed by atoms with van der Waals surface area (Å²) in [5.41, 5.74) is 2.37. The maximum absolute atomic E-state index is 4.81. The molecule has 1 saturated heterocycles. The lowest BCUT2D eigenvalue weighted by Gasteiger charge is -2.31. The van der Waals surface area contributed by atoms with E-state index >= 15 is 0 Å². The smallest absolute Gasteiger partial charge is 0.188 e. The summed E-state index contributed by atoms with van der Waals surface area (Å²) in [6.45, 7) is 7.42. The molecule has 158 valence electrons. The molecule has 3 aromatic heterocycles. The molecule has 1 N–H and O–H groups in total. The molecule has 0 amide bonds. The van der Waals surface area contributed by atoms with E-state index in [4.69, 9.17) is 4.98 Å².